The van der Waals surface area contributed by atoms with E-state index >= 15 is 0 Å². The smallest absolute Gasteiger partial charge is 0.0476 e. The Kier molecular flexibility index (Phi) is 3.65. The lowest BCUT2D eigenvalue weighted by Gasteiger charge is -2.05. The Labute approximate surface area is 115 Å². The third kappa shape index (κ3) is 3.24. The first kappa shape index (κ1) is 12.4. The molecule has 0 N–H and O–H groups in total. The molecule has 1 heterocycles. The van der Waals surface area contributed by atoms with Gasteiger partial charge in [-0.3, -0.25) is 4.90 Å². The average molecular weight is 251 g/mol. The van der Waals surface area contributed by atoms with Crippen molar-refractivity contribution >= 4 is 0 Å². The van der Waals surface area contributed by atoms with E-state index in [1.54, 1.807) is 0 Å². The summed E-state index contributed by atoms with van der Waals surface area (Å²) in [5, 5.41) is 0. The van der Waals surface area contributed by atoms with Crippen molar-refractivity contribution in [1.82, 2.24) is 4.90 Å². The standard InChI is InChI=1S/C18H21N/c1-15-9-11-16(12-10-15)6-5-13-19-14-18(19)17-7-3-2-4-8-17/h2-4,7-12,18H,5-6,13-14H2,1H3/t18?,19-/m0/s1. The van der Waals surface area contributed by atoms with Crippen LogP contribution in [0.4, 0.5) is 0 Å². The molecule has 2 aromatic rings. The molecular formula is C18H21N. The number of rotatable bonds is 5. The Morgan fingerprint density at radius 3 is 2.47 bits per heavy atom. The zero-order valence-electron chi connectivity index (χ0n) is 11.5. The maximum atomic E-state index is 2.56. The van der Waals surface area contributed by atoms with Crippen LogP contribution in [-0.2, 0) is 6.42 Å². The maximum absolute atomic E-state index is 2.56. The summed E-state index contributed by atoms with van der Waals surface area (Å²) in [6, 6.07) is 20.5. The first-order valence-corrected chi connectivity index (χ1v) is 7.17. The molecule has 1 aliphatic rings. The zero-order chi connectivity index (χ0) is 13.1. The monoisotopic (exact) mass is 251 g/mol. The lowest BCUT2D eigenvalue weighted by Crippen LogP contribution is -2.02. The summed E-state index contributed by atoms with van der Waals surface area (Å²) in [5.74, 6) is 0. The number of hydrogen-bond donors (Lipinski definition) is 0. The van der Waals surface area contributed by atoms with Crippen LogP contribution in [0.3, 0.4) is 0 Å². The average Bonchev–Trinajstić information content (AvgIpc) is 3.22. The highest BCUT2D eigenvalue weighted by molar-refractivity contribution is 5.24. The largest absolute Gasteiger partial charge is 0.293 e. The van der Waals surface area contributed by atoms with Crippen LogP contribution >= 0.6 is 0 Å². The lowest BCUT2D eigenvalue weighted by atomic mass is 10.1. The van der Waals surface area contributed by atoms with E-state index in [0.29, 0.717) is 6.04 Å². The van der Waals surface area contributed by atoms with Crippen LogP contribution in [0.5, 0.6) is 0 Å². The molecule has 0 amide bonds. The van der Waals surface area contributed by atoms with Crippen molar-refractivity contribution < 1.29 is 0 Å². The number of nitrogens with zero attached hydrogens (tertiary/aromatic N) is 1. The summed E-state index contributed by atoms with van der Waals surface area (Å²) >= 11 is 0. The van der Waals surface area contributed by atoms with E-state index < -0.39 is 0 Å². The molecule has 0 aliphatic carbocycles. The summed E-state index contributed by atoms with van der Waals surface area (Å²) in [6.45, 7) is 4.59. The summed E-state index contributed by atoms with van der Waals surface area (Å²) in [6.07, 6.45) is 2.45. The number of hydrogen-bond acceptors (Lipinski definition) is 1. The molecule has 0 spiro atoms. The van der Waals surface area contributed by atoms with Gasteiger partial charge in [-0.05, 0) is 37.4 Å². The number of benzene rings is 2. The summed E-state index contributed by atoms with van der Waals surface area (Å²) in [4.78, 5) is 2.56. The fourth-order valence-corrected chi connectivity index (χ4v) is 2.65. The van der Waals surface area contributed by atoms with Gasteiger partial charge in [0.25, 0.3) is 0 Å². The fourth-order valence-electron chi connectivity index (χ4n) is 2.65. The van der Waals surface area contributed by atoms with E-state index in [0.717, 1.165) is 0 Å². The zero-order valence-corrected chi connectivity index (χ0v) is 11.5. The van der Waals surface area contributed by atoms with Crippen molar-refractivity contribution in [3.63, 3.8) is 0 Å². The molecule has 0 aromatic heterocycles. The Balaban J connectivity index is 1.44. The normalized spacial score (nSPS) is 21.3. The van der Waals surface area contributed by atoms with E-state index in [2.05, 4.69) is 66.4 Å². The van der Waals surface area contributed by atoms with Gasteiger partial charge in [0.2, 0.25) is 0 Å². The van der Waals surface area contributed by atoms with Gasteiger partial charge in [-0.15, -0.1) is 0 Å². The van der Waals surface area contributed by atoms with Crippen LogP contribution in [0, 0.1) is 6.92 Å². The Hall–Kier alpha value is -1.60. The molecule has 2 atom stereocenters. The quantitative estimate of drug-likeness (QED) is 0.726. The van der Waals surface area contributed by atoms with E-state index in [1.807, 2.05) is 0 Å². The van der Waals surface area contributed by atoms with Gasteiger partial charge in [-0.25, -0.2) is 0 Å². The summed E-state index contributed by atoms with van der Waals surface area (Å²) < 4.78 is 0. The van der Waals surface area contributed by atoms with Crippen molar-refractivity contribution in [2.24, 2.45) is 0 Å². The van der Waals surface area contributed by atoms with Crippen LogP contribution < -0.4 is 0 Å². The molecule has 3 rings (SSSR count). The molecule has 19 heavy (non-hydrogen) atoms. The first-order valence-electron chi connectivity index (χ1n) is 7.17. The minimum Gasteiger partial charge on any atom is -0.293 e. The van der Waals surface area contributed by atoms with E-state index in [1.165, 1.54) is 42.6 Å². The molecule has 0 radical (unpaired) electrons. The van der Waals surface area contributed by atoms with Crippen LogP contribution in [0.25, 0.3) is 0 Å². The van der Waals surface area contributed by atoms with Gasteiger partial charge < -0.3 is 0 Å². The highest BCUT2D eigenvalue weighted by Crippen LogP contribution is 2.34. The third-order valence-corrected chi connectivity index (χ3v) is 3.93. The van der Waals surface area contributed by atoms with Gasteiger partial charge in [-0.1, -0.05) is 60.2 Å². The number of aryl methyl sites for hydroxylation is 2. The van der Waals surface area contributed by atoms with Gasteiger partial charge >= 0.3 is 0 Å². The van der Waals surface area contributed by atoms with E-state index in [9.17, 15) is 0 Å². The highest BCUT2D eigenvalue weighted by atomic mass is 15.3. The Morgan fingerprint density at radius 2 is 1.74 bits per heavy atom. The fraction of sp³-hybridized carbons (Fsp3) is 0.333. The van der Waals surface area contributed by atoms with Gasteiger partial charge in [-0.2, -0.15) is 0 Å². The van der Waals surface area contributed by atoms with E-state index in [-0.39, 0.29) is 0 Å². The molecule has 0 bridgehead atoms. The van der Waals surface area contributed by atoms with Crippen LogP contribution in [0.1, 0.15) is 29.2 Å². The predicted octanol–water partition coefficient (Wildman–Crippen LogP) is 3.98. The third-order valence-electron chi connectivity index (χ3n) is 3.93. The molecule has 1 unspecified atom stereocenters. The molecule has 1 aliphatic heterocycles. The van der Waals surface area contributed by atoms with Crippen LogP contribution in [0.15, 0.2) is 54.6 Å². The van der Waals surface area contributed by atoms with Crippen molar-refractivity contribution in [3.8, 4) is 0 Å². The lowest BCUT2D eigenvalue weighted by molar-refractivity contribution is 0.495. The second-order valence-electron chi connectivity index (χ2n) is 5.51. The maximum Gasteiger partial charge on any atom is 0.0476 e. The van der Waals surface area contributed by atoms with Crippen LogP contribution in [0.2, 0.25) is 0 Å². The molecule has 2 aromatic carbocycles. The van der Waals surface area contributed by atoms with Crippen molar-refractivity contribution in [2.75, 3.05) is 13.1 Å². The second kappa shape index (κ2) is 5.58. The van der Waals surface area contributed by atoms with Crippen molar-refractivity contribution in [1.29, 1.82) is 0 Å². The van der Waals surface area contributed by atoms with Crippen LogP contribution in [-0.4, -0.2) is 18.0 Å². The topological polar surface area (TPSA) is 3.01 Å². The molecule has 1 fully saturated rings. The molecule has 1 nitrogen and oxygen atoms in total. The van der Waals surface area contributed by atoms with Gasteiger partial charge in [0.1, 0.15) is 0 Å². The molecule has 1 saturated heterocycles. The van der Waals surface area contributed by atoms with Gasteiger partial charge in [0, 0.05) is 12.6 Å². The van der Waals surface area contributed by atoms with E-state index in [4.69, 9.17) is 0 Å². The summed E-state index contributed by atoms with van der Waals surface area (Å²) in [5.41, 5.74) is 4.28. The second-order valence-corrected chi connectivity index (χ2v) is 5.51. The Morgan fingerprint density at radius 1 is 1.00 bits per heavy atom. The SMILES string of the molecule is Cc1ccc(CCC[N@@]2CC2c2ccccc2)cc1. The molecule has 1 heteroatoms. The molecular weight excluding hydrogens is 230 g/mol. The summed E-state index contributed by atoms with van der Waals surface area (Å²) in [7, 11) is 0. The van der Waals surface area contributed by atoms with Gasteiger partial charge in [0.05, 0.1) is 0 Å². The molecule has 0 saturated carbocycles. The van der Waals surface area contributed by atoms with Crippen molar-refractivity contribution in [3.05, 3.63) is 71.3 Å². The molecule has 98 valence electrons. The minimum absolute atomic E-state index is 0.680. The van der Waals surface area contributed by atoms with Gasteiger partial charge in [0.15, 0.2) is 0 Å². The predicted molar refractivity (Wildman–Crippen MR) is 80.3 cm³/mol. The highest BCUT2D eigenvalue weighted by Gasteiger charge is 2.33. The Bertz CT molecular complexity index is 515. The first-order chi connectivity index (χ1) is 9.33. The van der Waals surface area contributed by atoms with Crippen molar-refractivity contribution in [2.45, 2.75) is 25.8 Å². The minimum atomic E-state index is 0.680.